The summed E-state index contributed by atoms with van der Waals surface area (Å²) in [6, 6.07) is 1.58. The van der Waals surface area contributed by atoms with Crippen molar-refractivity contribution >= 4 is 0 Å². The molecule has 2 aromatic rings. The maximum absolute atomic E-state index is 13.6. The molecule has 106 valence electrons. The minimum Gasteiger partial charge on any atom is -0.334 e. The molecule has 0 spiro atoms. The van der Waals surface area contributed by atoms with Crippen molar-refractivity contribution in [2.24, 2.45) is 0 Å². The van der Waals surface area contributed by atoms with Crippen LogP contribution in [0.1, 0.15) is 18.8 Å². The van der Waals surface area contributed by atoms with E-state index in [4.69, 9.17) is 4.52 Å². The van der Waals surface area contributed by atoms with E-state index in [-0.39, 0.29) is 17.5 Å². The normalized spacial score (nSPS) is 18.1. The molecule has 0 bridgehead atoms. The minimum absolute atomic E-state index is 0.0551. The number of pyridine rings is 1. The number of aromatic nitrogens is 3. The van der Waals surface area contributed by atoms with E-state index >= 15 is 0 Å². The first-order valence-corrected chi connectivity index (χ1v) is 6.64. The number of halogens is 1. The van der Waals surface area contributed by atoms with E-state index in [2.05, 4.69) is 25.3 Å². The van der Waals surface area contributed by atoms with Crippen LogP contribution in [0, 0.1) is 5.82 Å². The van der Waals surface area contributed by atoms with E-state index < -0.39 is 5.82 Å². The minimum atomic E-state index is -0.461. The fourth-order valence-corrected chi connectivity index (χ4v) is 2.30. The van der Waals surface area contributed by atoms with Crippen molar-refractivity contribution in [3.05, 3.63) is 30.1 Å². The first kappa shape index (κ1) is 13.1. The fourth-order valence-electron chi connectivity index (χ4n) is 2.30. The Kier molecular flexibility index (Phi) is 3.70. The van der Waals surface area contributed by atoms with Gasteiger partial charge in [0.05, 0.1) is 17.8 Å². The maximum Gasteiger partial charge on any atom is 0.261 e. The molecule has 7 heteroatoms. The van der Waals surface area contributed by atoms with Gasteiger partial charge >= 0.3 is 0 Å². The summed E-state index contributed by atoms with van der Waals surface area (Å²) in [5, 5.41) is 7.27. The van der Waals surface area contributed by atoms with E-state index in [1.165, 1.54) is 12.3 Å². The second-order valence-electron chi connectivity index (χ2n) is 4.78. The Morgan fingerprint density at radius 2 is 2.20 bits per heavy atom. The van der Waals surface area contributed by atoms with Crippen LogP contribution in [0.3, 0.4) is 0 Å². The van der Waals surface area contributed by atoms with Crippen molar-refractivity contribution in [1.82, 2.24) is 25.3 Å². The predicted octanol–water partition coefficient (Wildman–Crippen LogP) is 1.24. The van der Waals surface area contributed by atoms with Crippen molar-refractivity contribution in [1.29, 1.82) is 0 Å². The van der Waals surface area contributed by atoms with Gasteiger partial charge in [0, 0.05) is 32.4 Å². The standard InChI is InChI=1S/C13H16FN5O/c1-9(19-6-4-15-5-7-19)12-17-13(20-18-12)10-2-3-16-8-11(10)14/h2-3,8-9,15H,4-7H2,1H3. The average Bonchev–Trinajstić information content (AvgIpc) is 2.97. The van der Waals surface area contributed by atoms with Crippen LogP contribution in [0.25, 0.3) is 11.5 Å². The summed E-state index contributed by atoms with van der Waals surface area (Å²) in [7, 11) is 0. The smallest absolute Gasteiger partial charge is 0.261 e. The highest BCUT2D eigenvalue weighted by atomic mass is 19.1. The molecule has 0 radical (unpaired) electrons. The second kappa shape index (κ2) is 5.64. The molecule has 1 atom stereocenters. The molecule has 6 nitrogen and oxygen atoms in total. The number of nitrogens with zero attached hydrogens (tertiary/aromatic N) is 4. The van der Waals surface area contributed by atoms with Gasteiger partial charge in [0.25, 0.3) is 5.89 Å². The third kappa shape index (κ3) is 2.54. The SMILES string of the molecule is CC(c1noc(-c2ccncc2F)n1)N1CCNCC1. The van der Waals surface area contributed by atoms with Crippen LogP contribution in [0.4, 0.5) is 4.39 Å². The maximum atomic E-state index is 13.6. The van der Waals surface area contributed by atoms with E-state index in [0.29, 0.717) is 5.82 Å². The van der Waals surface area contributed by atoms with Gasteiger partial charge in [-0.3, -0.25) is 9.88 Å². The number of rotatable bonds is 3. The van der Waals surface area contributed by atoms with Crippen LogP contribution >= 0.6 is 0 Å². The summed E-state index contributed by atoms with van der Waals surface area (Å²) < 4.78 is 18.8. The summed E-state index contributed by atoms with van der Waals surface area (Å²) in [6.07, 6.45) is 2.64. The first-order valence-electron chi connectivity index (χ1n) is 6.64. The highest BCUT2D eigenvalue weighted by Crippen LogP contribution is 2.23. The van der Waals surface area contributed by atoms with Crippen LogP contribution in [-0.4, -0.2) is 46.2 Å². The lowest BCUT2D eigenvalue weighted by Gasteiger charge is -2.30. The molecule has 3 rings (SSSR count). The summed E-state index contributed by atoms with van der Waals surface area (Å²) in [4.78, 5) is 10.3. The van der Waals surface area contributed by atoms with Gasteiger partial charge in [0.2, 0.25) is 0 Å². The zero-order chi connectivity index (χ0) is 13.9. The number of hydrogen-bond donors (Lipinski definition) is 1. The molecule has 3 heterocycles. The van der Waals surface area contributed by atoms with Crippen molar-refractivity contribution in [3.8, 4) is 11.5 Å². The zero-order valence-corrected chi connectivity index (χ0v) is 11.2. The highest BCUT2D eigenvalue weighted by molar-refractivity contribution is 5.52. The molecule has 1 N–H and O–H groups in total. The lowest BCUT2D eigenvalue weighted by atomic mass is 10.2. The molecule has 20 heavy (non-hydrogen) atoms. The van der Waals surface area contributed by atoms with E-state index in [1.54, 1.807) is 0 Å². The van der Waals surface area contributed by atoms with E-state index in [0.717, 1.165) is 32.4 Å². The Morgan fingerprint density at radius 3 is 2.95 bits per heavy atom. The molecule has 1 unspecified atom stereocenters. The molecule has 0 amide bonds. The summed E-state index contributed by atoms with van der Waals surface area (Å²) in [5.41, 5.74) is 0.284. The third-order valence-corrected chi connectivity index (χ3v) is 3.52. The van der Waals surface area contributed by atoms with Crippen LogP contribution in [-0.2, 0) is 0 Å². The van der Waals surface area contributed by atoms with Gasteiger partial charge in [0.15, 0.2) is 11.6 Å². The fraction of sp³-hybridized carbons (Fsp3) is 0.462. The summed E-state index contributed by atoms with van der Waals surface area (Å²) in [6.45, 7) is 5.81. The number of hydrogen-bond acceptors (Lipinski definition) is 6. The van der Waals surface area contributed by atoms with Gasteiger partial charge in [-0.1, -0.05) is 5.16 Å². The average molecular weight is 277 g/mol. The molecule has 1 aliphatic rings. The Bertz CT molecular complexity index is 582. The first-order chi connectivity index (χ1) is 9.75. The van der Waals surface area contributed by atoms with Crippen LogP contribution in [0.2, 0.25) is 0 Å². The predicted molar refractivity (Wildman–Crippen MR) is 70.3 cm³/mol. The van der Waals surface area contributed by atoms with Gasteiger partial charge in [-0.25, -0.2) is 4.39 Å². The summed E-state index contributed by atoms with van der Waals surface area (Å²) in [5.74, 6) is 0.317. The molecular formula is C13H16FN5O. The summed E-state index contributed by atoms with van der Waals surface area (Å²) >= 11 is 0. The van der Waals surface area contributed by atoms with Crippen LogP contribution in [0.15, 0.2) is 23.0 Å². The topological polar surface area (TPSA) is 67.1 Å². The second-order valence-corrected chi connectivity index (χ2v) is 4.78. The molecule has 0 aliphatic carbocycles. The van der Waals surface area contributed by atoms with Crippen LogP contribution < -0.4 is 5.32 Å². The van der Waals surface area contributed by atoms with E-state index in [9.17, 15) is 4.39 Å². The Morgan fingerprint density at radius 1 is 1.40 bits per heavy atom. The molecule has 0 saturated carbocycles. The molecular weight excluding hydrogens is 261 g/mol. The third-order valence-electron chi connectivity index (χ3n) is 3.52. The molecule has 0 aromatic carbocycles. The van der Waals surface area contributed by atoms with Crippen molar-refractivity contribution in [3.63, 3.8) is 0 Å². The largest absolute Gasteiger partial charge is 0.334 e. The quantitative estimate of drug-likeness (QED) is 0.910. The monoisotopic (exact) mass is 277 g/mol. The zero-order valence-electron chi connectivity index (χ0n) is 11.2. The van der Waals surface area contributed by atoms with Crippen molar-refractivity contribution < 1.29 is 8.91 Å². The number of nitrogens with one attached hydrogen (secondary N) is 1. The Balaban J connectivity index is 1.81. The molecule has 2 aromatic heterocycles. The van der Waals surface area contributed by atoms with Gasteiger partial charge in [0.1, 0.15) is 0 Å². The number of piperazine rings is 1. The molecule has 1 fully saturated rings. The van der Waals surface area contributed by atoms with E-state index in [1.807, 2.05) is 6.92 Å². The van der Waals surface area contributed by atoms with Gasteiger partial charge in [-0.15, -0.1) is 0 Å². The Labute approximate surface area is 116 Å². The highest BCUT2D eigenvalue weighted by Gasteiger charge is 2.23. The van der Waals surface area contributed by atoms with Gasteiger partial charge in [-0.05, 0) is 13.0 Å². The van der Waals surface area contributed by atoms with Gasteiger partial charge in [-0.2, -0.15) is 4.98 Å². The van der Waals surface area contributed by atoms with Gasteiger partial charge < -0.3 is 9.84 Å². The van der Waals surface area contributed by atoms with Crippen LogP contribution in [0.5, 0.6) is 0 Å². The lowest BCUT2D eigenvalue weighted by Crippen LogP contribution is -2.44. The Hall–Kier alpha value is -1.86. The lowest BCUT2D eigenvalue weighted by molar-refractivity contribution is 0.176. The molecule has 1 aliphatic heterocycles. The van der Waals surface area contributed by atoms with Crippen molar-refractivity contribution in [2.75, 3.05) is 26.2 Å². The molecule has 1 saturated heterocycles. The van der Waals surface area contributed by atoms with Crippen molar-refractivity contribution in [2.45, 2.75) is 13.0 Å².